The Labute approximate surface area is 375 Å². The highest BCUT2D eigenvalue weighted by atomic mass is 19.4. The standard InChI is InChI=1S/C23H17F5N6O.C15H14FN5.C8H6FNO/c24-14-6-4-11(23(26,27)28)8-17(14)33-22(35)32-16-7-5-12(9-15(16)25)34-18-3-1-2-13(18)19-20(34)21(29)31-10-30-19;16-10-6-8(4-5-11(10)17)21-12-3-1-2-9(12)13-14(21)15(18)20-7-19-13;1-6-2-3-7(9)8(4-6)10-5-11/h4-10H,1-3H2,(H2,29,30,31)(H2,32,33,35);4-7H,1-3,17H2,(H2,18,19,20);2-4H,1H3. The van der Waals surface area contributed by atoms with Gasteiger partial charge >= 0.3 is 12.2 Å². The summed E-state index contributed by atoms with van der Waals surface area (Å²) in [4.78, 5) is 42.0. The van der Waals surface area contributed by atoms with Gasteiger partial charge in [-0.05, 0) is 117 Å². The van der Waals surface area contributed by atoms with Crippen LogP contribution in [0, 0.1) is 30.2 Å². The molecule has 2 aliphatic carbocycles. The van der Waals surface area contributed by atoms with Crippen molar-refractivity contribution in [1.82, 2.24) is 29.1 Å². The van der Waals surface area contributed by atoms with Gasteiger partial charge in [-0.3, -0.25) is 0 Å². The second-order valence-electron chi connectivity index (χ2n) is 15.4. The molecule has 8 aromatic rings. The summed E-state index contributed by atoms with van der Waals surface area (Å²) in [5, 5.41) is 4.16. The molecule has 14 nitrogen and oxygen atoms in total. The Morgan fingerprint density at radius 2 is 1.21 bits per heavy atom. The van der Waals surface area contributed by atoms with Crippen molar-refractivity contribution < 1.29 is 40.3 Å². The average Bonchev–Trinajstić information content (AvgIpc) is 4.08. The largest absolute Gasteiger partial charge is 0.416 e. The van der Waals surface area contributed by atoms with Crippen LogP contribution in [0.3, 0.4) is 0 Å². The number of fused-ring (bicyclic) bond motifs is 6. The Kier molecular flexibility index (Phi) is 12.3. The smallest absolute Gasteiger partial charge is 0.396 e. The maximum atomic E-state index is 15.0. The first kappa shape index (κ1) is 45.3. The number of hydrogen-bond acceptors (Lipinski definition) is 10. The van der Waals surface area contributed by atoms with Gasteiger partial charge in [0.2, 0.25) is 6.08 Å². The quantitative estimate of drug-likeness (QED) is 0.0481. The number of rotatable bonds is 5. The normalized spacial score (nSPS) is 12.7. The monoisotopic (exact) mass is 922 g/mol. The van der Waals surface area contributed by atoms with Crippen molar-refractivity contribution in [2.45, 2.75) is 51.6 Å². The zero-order valence-corrected chi connectivity index (χ0v) is 35.2. The molecule has 0 fully saturated rings. The number of amides is 2. The molecule has 8 N–H and O–H groups in total. The van der Waals surface area contributed by atoms with Crippen LogP contribution < -0.4 is 27.8 Å². The van der Waals surface area contributed by atoms with E-state index in [-0.39, 0.29) is 22.9 Å². The van der Waals surface area contributed by atoms with Crippen LogP contribution in [0.15, 0.2) is 90.4 Å². The van der Waals surface area contributed by atoms with Gasteiger partial charge in [-0.1, -0.05) is 6.07 Å². The Bertz CT molecular complexity index is 3290. The summed E-state index contributed by atoms with van der Waals surface area (Å²) in [6.45, 7) is 1.79. The van der Waals surface area contributed by atoms with Gasteiger partial charge in [0, 0.05) is 34.9 Å². The minimum atomic E-state index is -4.72. The first-order valence-corrected chi connectivity index (χ1v) is 20.4. The Morgan fingerprint density at radius 3 is 1.76 bits per heavy atom. The second kappa shape index (κ2) is 18.3. The third kappa shape index (κ3) is 9.04. The molecule has 0 radical (unpaired) electrons. The number of benzene rings is 4. The fourth-order valence-corrected chi connectivity index (χ4v) is 8.20. The van der Waals surface area contributed by atoms with Crippen molar-refractivity contribution >= 4 is 68.6 Å². The molecule has 0 bridgehead atoms. The van der Waals surface area contributed by atoms with Crippen LogP contribution in [0.5, 0.6) is 0 Å². The molecule has 0 unspecified atom stereocenters. The van der Waals surface area contributed by atoms with Crippen LogP contribution in [0.4, 0.5) is 69.9 Å². The fraction of sp³-hybridized carbons (Fsp3) is 0.174. The van der Waals surface area contributed by atoms with E-state index in [1.807, 2.05) is 9.88 Å². The molecule has 0 spiro atoms. The third-order valence-electron chi connectivity index (χ3n) is 11.1. The topological polar surface area (TPSA) is 210 Å². The number of aliphatic imine (C=N–C) groups is 1. The van der Waals surface area contributed by atoms with Gasteiger partial charge < -0.3 is 37.0 Å². The minimum absolute atomic E-state index is 0.0417. The lowest BCUT2D eigenvalue weighted by Crippen LogP contribution is -2.21. The molecule has 2 amide bonds. The number of nitrogens with zero attached hydrogens (tertiary/aromatic N) is 7. The SMILES string of the molecule is Cc1ccc(F)c(N=C=O)c1.Nc1ccc(-n2c3c(c4ncnc(N)c42)CCC3)cc1F.Nc1ncnc2c3c(n(-c4ccc(NC(=O)Nc5cc(C(F)(F)F)ccc5F)c(F)c4)c12)CCC3. The lowest BCUT2D eigenvalue weighted by atomic mass is 10.2. The molecule has 10 rings (SSSR count). The van der Waals surface area contributed by atoms with Crippen LogP contribution in [0.25, 0.3) is 33.4 Å². The van der Waals surface area contributed by atoms with Gasteiger partial charge in [0.1, 0.15) is 52.6 Å². The summed E-state index contributed by atoms with van der Waals surface area (Å²) in [6.07, 6.45) is 4.85. The van der Waals surface area contributed by atoms with E-state index in [2.05, 4.69) is 30.2 Å². The number of nitrogens with two attached hydrogens (primary N) is 3. The average molecular weight is 923 g/mol. The minimum Gasteiger partial charge on any atom is -0.396 e. The summed E-state index contributed by atoms with van der Waals surface area (Å²) >= 11 is 0. The predicted octanol–water partition coefficient (Wildman–Crippen LogP) is 9.75. The van der Waals surface area contributed by atoms with Crippen LogP contribution in [0.1, 0.15) is 46.5 Å². The number of carbonyl (C=O) groups excluding carboxylic acids is 2. The van der Waals surface area contributed by atoms with Crippen molar-refractivity contribution in [3.63, 3.8) is 0 Å². The van der Waals surface area contributed by atoms with Gasteiger partial charge in [-0.2, -0.15) is 18.2 Å². The number of anilines is 5. The van der Waals surface area contributed by atoms with E-state index in [0.29, 0.717) is 46.4 Å². The number of nitrogens with one attached hydrogen (secondary N) is 2. The molecule has 2 aliphatic rings. The summed E-state index contributed by atoms with van der Waals surface area (Å²) in [6, 6.07) is 13.7. The molecule has 4 aromatic carbocycles. The highest BCUT2D eigenvalue weighted by Crippen LogP contribution is 2.38. The Balaban J connectivity index is 0.000000159. The summed E-state index contributed by atoms with van der Waals surface area (Å²) in [5.74, 6) is -2.17. The summed E-state index contributed by atoms with van der Waals surface area (Å²) in [7, 11) is 0. The van der Waals surface area contributed by atoms with E-state index in [4.69, 9.17) is 17.2 Å². The van der Waals surface area contributed by atoms with Gasteiger partial charge in [0.15, 0.2) is 11.6 Å². The van der Waals surface area contributed by atoms with E-state index in [1.54, 1.807) is 35.8 Å². The van der Waals surface area contributed by atoms with E-state index in [0.717, 1.165) is 72.1 Å². The van der Waals surface area contributed by atoms with Crippen molar-refractivity contribution in [3.05, 3.63) is 142 Å². The maximum absolute atomic E-state index is 15.0. The number of carbonyl (C=O) groups is 1. The van der Waals surface area contributed by atoms with Crippen LogP contribution in [0.2, 0.25) is 0 Å². The number of aryl methyl sites for hydroxylation is 3. The van der Waals surface area contributed by atoms with Gasteiger partial charge in [0.05, 0.1) is 33.7 Å². The highest BCUT2D eigenvalue weighted by Gasteiger charge is 2.32. The predicted molar refractivity (Wildman–Crippen MR) is 238 cm³/mol. The lowest BCUT2D eigenvalue weighted by Gasteiger charge is -2.14. The van der Waals surface area contributed by atoms with Crippen LogP contribution >= 0.6 is 0 Å². The maximum Gasteiger partial charge on any atom is 0.416 e. The molecule has 4 aromatic heterocycles. The molecule has 0 atom stereocenters. The molecule has 0 saturated carbocycles. The van der Waals surface area contributed by atoms with Gasteiger partial charge in [-0.25, -0.2) is 47.1 Å². The zero-order valence-electron chi connectivity index (χ0n) is 35.2. The molecule has 67 heavy (non-hydrogen) atoms. The van der Waals surface area contributed by atoms with Crippen molar-refractivity contribution in [2.75, 3.05) is 27.8 Å². The van der Waals surface area contributed by atoms with Crippen molar-refractivity contribution in [2.24, 2.45) is 4.99 Å². The first-order chi connectivity index (χ1) is 32.0. The van der Waals surface area contributed by atoms with E-state index < -0.39 is 46.7 Å². The third-order valence-corrected chi connectivity index (χ3v) is 11.1. The van der Waals surface area contributed by atoms with Crippen molar-refractivity contribution in [3.8, 4) is 11.4 Å². The van der Waals surface area contributed by atoms with E-state index >= 15 is 0 Å². The highest BCUT2D eigenvalue weighted by molar-refractivity contribution is 6.00. The van der Waals surface area contributed by atoms with Crippen molar-refractivity contribution in [1.29, 1.82) is 0 Å². The molecule has 342 valence electrons. The number of halogens is 7. The molecular weight excluding hydrogens is 886 g/mol. The molecular formula is C46H37F7N12O2. The van der Waals surface area contributed by atoms with Crippen LogP contribution in [-0.2, 0) is 36.7 Å². The number of aromatic nitrogens is 6. The second-order valence-corrected chi connectivity index (χ2v) is 15.4. The molecule has 21 heteroatoms. The van der Waals surface area contributed by atoms with Gasteiger partial charge in [0.25, 0.3) is 0 Å². The first-order valence-electron chi connectivity index (χ1n) is 20.4. The Hall–Kier alpha value is -8.32. The summed E-state index contributed by atoms with van der Waals surface area (Å²) < 4.78 is 97.8. The lowest BCUT2D eigenvalue weighted by molar-refractivity contribution is -0.137. The number of urea groups is 1. The fourth-order valence-electron chi connectivity index (χ4n) is 8.20. The van der Waals surface area contributed by atoms with E-state index in [1.165, 1.54) is 54.6 Å². The number of hydrogen-bond donors (Lipinski definition) is 5. The van der Waals surface area contributed by atoms with Crippen LogP contribution in [-0.4, -0.2) is 41.2 Å². The van der Waals surface area contributed by atoms with E-state index in [9.17, 15) is 40.3 Å². The zero-order chi connectivity index (χ0) is 47.7. The van der Waals surface area contributed by atoms with Gasteiger partial charge in [-0.15, -0.1) is 0 Å². The summed E-state index contributed by atoms with van der Waals surface area (Å²) in [5.41, 5.74) is 25.0. The number of isocyanates is 1. The molecule has 4 heterocycles. The molecule has 0 saturated heterocycles. The number of alkyl halides is 3. The number of nitrogen functional groups attached to an aromatic ring is 3. The Morgan fingerprint density at radius 1 is 0.657 bits per heavy atom. The molecule has 0 aliphatic heterocycles.